The molecule has 0 unspecified atom stereocenters. The average Bonchev–Trinajstić information content (AvgIpc) is 2.65. The normalized spacial score (nSPS) is 11.1. The first-order chi connectivity index (χ1) is 13.2. The van der Waals surface area contributed by atoms with Gasteiger partial charge in [-0.05, 0) is 74.0 Å². The average molecular weight is 398 g/mol. The van der Waals surface area contributed by atoms with E-state index in [1.54, 1.807) is 31.2 Å². The van der Waals surface area contributed by atoms with Crippen LogP contribution >= 0.6 is 0 Å². The molecule has 0 heterocycles. The summed E-state index contributed by atoms with van der Waals surface area (Å²) in [5.74, 6) is -0.762. The van der Waals surface area contributed by atoms with Gasteiger partial charge in [0, 0.05) is 11.3 Å². The van der Waals surface area contributed by atoms with Crippen molar-refractivity contribution in [2.75, 3.05) is 10.0 Å². The summed E-state index contributed by atoms with van der Waals surface area (Å²) >= 11 is 0. The molecule has 0 aliphatic heterocycles. The van der Waals surface area contributed by atoms with Crippen molar-refractivity contribution in [2.24, 2.45) is 0 Å². The van der Waals surface area contributed by atoms with E-state index in [4.69, 9.17) is 0 Å². The van der Waals surface area contributed by atoms with Gasteiger partial charge in [-0.1, -0.05) is 17.7 Å². The number of carbonyl (C=O) groups excluding carboxylic acids is 1. The van der Waals surface area contributed by atoms with Gasteiger partial charge >= 0.3 is 0 Å². The standard InChI is InChI=1S/C21H19FN2O3S/c1-14-3-10-19(11-4-14)28(26,27)24-20-12-5-16(13-15(20)2)21(25)23-18-8-6-17(22)7-9-18/h3-13,24H,1-2H3,(H,23,25). The van der Waals surface area contributed by atoms with Gasteiger partial charge in [-0.3, -0.25) is 9.52 Å². The maximum absolute atomic E-state index is 13.0. The third kappa shape index (κ3) is 4.55. The first-order valence-corrected chi connectivity index (χ1v) is 10.00. The first kappa shape index (κ1) is 19.6. The van der Waals surface area contributed by atoms with Gasteiger partial charge in [0.2, 0.25) is 0 Å². The maximum Gasteiger partial charge on any atom is 0.261 e. The molecule has 3 aromatic rings. The smallest absolute Gasteiger partial charge is 0.261 e. The van der Waals surface area contributed by atoms with Crippen LogP contribution in [0, 0.1) is 19.7 Å². The fourth-order valence-corrected chi connectivity index (χ4v) is 3.71. The van der Waals surface area contributed by atoms with E-state index < -0.39 is 10.0 Å². The molecule has 0 atom stereocenters. The van der Waals surface area contributed by atoms with Crippen LogP contribution in [-0.4, -0.2) is 14.3 Å². The molecule has 28 heavy (non-hydrogen) atoms. The van der Waals surface area contributed by atoms with E-state index in [1.165, 1.54) is 42.5 Å². The van der Waals surface area contributed by atoms with E-state index in [1.807, 2.05) is 6.92 Å². The Hall–Kier alpha value is -3.19. The highest BCUT2D eigenvalue weighted by molar-refractivity contribution is 7.92. The van der Waals surface area contributed by atoms with Gasteiger partial charge in [-0.15, -0.1) is 0 Å². The molecule has 0 aliphatic rings. The molecule has 3 aromatic carbocycles. The zero-order valence-corrected chi connectivity index (χ0v) is 16.2. The molecule has 0 bridgehead atoms. The van der Waals surface area contributed by atoms with Gasteiger partial charge in [-0.25, -0.2) is 12.8 Å². The minimum atomic E-state index is -3.72. The third-order valence-electron chi connectivity index (χ3n) is 4.17. The lowest BCUT2D eigenvalue weighted by Gasteiger charge is -2.12. The largest absolute Gasteiger partial charge is 0.322 e. The summed E-state index contributed by atoms with van der Waals surface area (Å²) in [5.41, 5.74) is 2.78. The van der Waals surface area contributed by atoms with Crippen LogP contribution in [0.15, 0.2) is 71.6 Å². The molecular formula is C21H19FN2O3S. The minimum Gasteiger partial charge on any atom is -0.322 e. The van der Waals surface area contributed by atoms with E-state index in [2.05, 4.69) is 10.0 Å². The summed E-state index contributed by atoms with van der Waals surface area (Å²) < 4.78 is 40.6. The van der Waals surface area contributed by atoms with Crippen LogP contribution in [0.4, 0.5) is 15.8 Å². The molecule has 3 rings (SSSR count). The molecule has 5 nitrogen and oxygen atoms in total. The highest BCUT2D eigenvalue weighted by Gasteiger charge is 2.16. The van der Waals surface area contributed by atoms with Crippen LogP contribution in [0.3, 0.4) is 0 Å². The summed E-state index contributed by atoms with van der Waals surface area (Å²) in [7, 11) is -3.72. The number of benzene rings is 3. The molecule has 0 saturated carbocycles. The maximum atomic E-state index is 13.0. The Labute approximate surface area is 163 Å². The number of rotatable bonds is 5. The van der Waals surface area contributed by atoms with Crippen molar-refractivity contribution in [1.29, 1.82) is 0 Å². The Morgan fingerprint density at radius 2 is 1.54 bits per heavy atom. The predicted octanol–water partition coefficient (Wildman–Crippen LogP) is 4.50. The second-order valence-electron chi connectivity index (χ2n) is 6.41. The number of halogens is 1. The van der Waals surface area contributed by atoms with E-state index in [0.717, 1.165) is 5.56 Å². The molecule has 0 spiro atoms. The van der Waals surface area contributed by atoms with Crippen LogP contribution in [0.25, 0.3) is 0 Å². The van der Waals surface area contributed by atoms with E-state index >= 15 is 0 Å². The van der Waals surface area contributed by atoms with E-state index in [9.17, 15) is 17.6 Å². The summed E-state index contributed by atoms with van der Waals surface area (Å²) in [4.78, 5) is 12.5. The quantitative estimate of drug-likeness (QED) is 0.665. The predicted molar refractivity (Wildman–Crippen MR) is 108 cm³/mol. The minimum absolute atomic E-state index is 0.163. The number of anilines is 2. The monoisotopic (exact) mass is 398 g/mol. The fraction of sp³-hybridized carbons (Fsp3) is 0.0952. The number of hydrogen-bond acceptors (Lipinski definition) is 3. The molecule has 0 saturated heterocycles. The number of hydrogen-bond donors (Lipinski definition) is 2. The van der Waals surface area contributed by atoms with Crippen molar-refractivity contribution in [3.05, 3.63) is 89.2 Å². The molecule has 144 valence electrons. The second-order valence-corrected chi connectivity index (χ2v) is 8.09. The topological polar surface area (TPSA) is 75.3 Å². The van der Waals surface area contributed by atoms with Crippen molar-refractivity contribution in [3.63, 3.8) is 0 Å². The Morgan fingerprint density at radius 1 is 0.893 bits per heavy atom. The summed E-state index contributed by atoms with van der Waals surface area (Å²) in [5, 5.41) is 2.67. The highest BCUT2D eigenvalue weighted by Crippen LogP contribution is 2.22. The first-order valence-electron chi connectivity index (χ1n) is 8.52. The van der Waals surface area contributed by atoms with Crippen LogP contribution in [0.1, 0.15) is 21.5 Å². The van der Waals surface area contributed by atoms with Crippen LogP contribution in [0.5, 0.6) is 0 Å². The summed E-state index contributed by atoms with van der Waals surface area (Å²) in [6.45, 7) is 3.59. The SMILES string of the molecule is Cc1ccc(S(=O)(=O)Nc2ccc(C(=O)Nc3ccc(F)cc3)cc2C)cc1. The Kier molecular flexibility index (Phi) is 5.46. The van der Waals surface area contributed by atoms with Crippen LogP contribution < -0.4 is 10.0 Å². The fourth-order valence-electron chi connectivity index (χ4n) is 2.58. The summed E-state index contributed by atoms with van der Waals surface area (Å²) in [6.07, 6.45) is 0. The van der Waals surface area contributed by atoms with E-state index in [0.29, 0.717) is 22.5 Å². The zero-order chi connectivity index (χ0) is 20.3. The Morgan fingerprint density at radius 3 is 2.14 bits per heavy atom. The van der Waals surface area contributed by atoms with Gasteiger partial charge in [0.25, 0.3) is 15.9 Å². The molecule has 2 N–H and O–H groups in total. The number of aryl methyl sites for hydroxylation is 2. The number of nitrogens with one attached hydrogen (secondary N) is 2. The number of sulfonamides is 1. The van der Waals surface area contributed by atoms with Crippen molar-refractivity contribution in [3.8, 4) is 0 Å². The molecule has 1 amide bonds. The van der Waals surface area contributed by atoms with Gasteiger partial charge in [0.15, 0.2) is 0 Å². The third-order valence-corrected chi connectivity index (χ3v) is 5.55. The van der Waals surface area contributed by atoms with Gasteiger partial charge in [0.1, 0.15) is 5.82 Å². The van der Waals surface area contributed by atoms with Crippen LogP contribution in [0.2, 0.25) is 0 Å². The molecule has 0 fully saturated rings. The molecule has 0 aliphatic carbocycles. The van der Waals surface area contributed by atoms with Crippen molar-refractivity contribution in [1.82, 2.24) is 0 Å². The lowest BCUT2D eigenvalue weighted by Crippen LogP contribution is -2.15. The lowest BCUT2D eigenvalue weighted by molar-refractivity contribution is 0.102. The lowest BCUT2D eigenvalue weighted by atomic mass is 10.1. The molecule has 7 heteroatoms. The molecule has 0 radical (unpaired) electrons. The van der Waals surface area contributed by atoms with E-state index in [-0.39, 0.29) is 16.6 Å². The summed E-state index contributed by atoms with van der Waals surface area (Å²) in [6, 6.07) is 16.6. The van der Waals surface area contributed by atoms with Gasteiger partial charge in [-0.2, -0.15) is 0 Å². The Balaban J connectivity index is 1.77. The Bertz CT molecular complexity index is 1110. The van der Waals surface area contributed by atoms with Crippen LogP contribution in [-0.2, 0) is 10.0 Å². The zero-order valence-electron chi connectivity index (χ0n) is 15.4. The second kappa shape index (κ2) is 7.82. The van der Waals surface area contributed by atoms with Crippen molar-refractivity contribution >= 4 is 27.3 Å². The highest BCUT2D eigenvalue weighted by atomic mass is 32.2. The number of carbonyl (C=O) groups is 1. The number of amides is 1. The van der Waals surface area contributed by atoms with Gasteiger partial charge in [0.05, 0.1) is 10.6 Å². The molecular weight excluding hydrogens is 379 g/mol. The molecule has 0 aromatic heterocycles. The van der Waals surface area contributed by atoms with Crippen molar-refractivity contribution < 1.29 is 17.6 Å². The van der Waals surface area contributed by atoms with Gasteiger partial charge < -0.3 is 5.32 Å². The van der Waals surface area contributed by atoms with Crippen molar-refractivity contribution in [2.45, 2.75) is 18.7 Å².